The molecular formula is C30H31N3O3. The van der Waals surface area contributed by atoms with Gasteiger partial charge in [-0.05, 0) is 54.8 Å². The van der Waals surface area contributed by atoms with Crippen LogP contribution in [0.5, 0.6) is 11.5 Å². The van der Waals surface area contributed by atoms with Gasteiger partial charge in [0.15, 0.2) is 11.5 Å². The van der Waals surface area contributed by atoms with E-state index in [-0.39, 0.29) is 11.8 Å². The van der Waals surface area contributed by atoms with E-state index < -0.39 is 0 Å². The smallest absolute Gasteiger partial charge is 0.227 e. The molecule has 1 aliphatic rings. The van der Waals surface area contributed by atoms with Gasteiger partial charge >= 0.3 is 0 Å². The summed E-state index contributed by atoms with van der Waals surface area (Å²) in [5.41, 5.74) is 5.18. The zero-order chi connectivity index (χ0) is 25.1. The van der Waals surface area contributed by atoms with Gasteiger partial charge < -0.3 is 18.9 Å². The van der Waals surface area contributed by atoms with Crippen LogP contribution in [0.1, 0.15) is 29.3 Å². The molecule has 184 valence electrons. The SMILES string of the molecule is C=CCc1ccc(OCCn2c([C@H]3CC(=O)N(c4ccccc4C)C3)nc3ccccc32)c(OC)c1. The second-order valence-electron chi connectivity index (χ2n) is 9.13. The molecule has 0 unspecified atom stereocenters. The lowest BCUT2D eigenvalue weighted by atomic mass is 10.1. The van der Waals surface area contributed by atoms with Crippen molar-refractivity contribution >= 4 is 22.6 Å². The molecule has 4 aromatic rings. The Morgan fingerprint density at radius 2 is 1.89 bits per heavy atom. The molecule has 1 fully saturated rings. The Bertz CT molecular complexity index is 1410. The van der Waals surface area contributed by atoms with Crippen LogP contribution in [0.4, 0.5) is 5.69 Å². The molecule has 0 aliphatic carbocycles. The second kappa shape index (κ2) is 10.3. The van der Waals surface area contributed by atoms with Crippen molar-refractivity contribution in [3.63, 3.8) is 0 Å². The minimum absolute atomic E-state index is 0.0113. The number of methoxy groups -OCH3 is 1. The number of ether oxygens (including phenoxy) is 2. The fourth-order valence-electron chi connectivity index (χ4n) is 4.99. The first-order valence-corrected chi connectivity index (χ1v) is 12.3. The van der Waals surface area contributed by atoms with E-state index in [1.165, 1.54) is 0 Å². The van der Waals surface area contributed by atoms with E-state index in [9.17, 15) is 4.79 Å². The number of benzene rings is 3. The van der Waals surface area contributed by atoms with Crippen molar-refractivity contribution in [1.82, 2.24) is 9.55 Å². The minimum atomic E-state index is 0.0113. The van der Waals surface area contributed by atoms with Crippen LogP contribution >= 0.6 is 0 Å². The standard InChI is InChI=1S/C30H31N3O3/c1-4-9-22-14-15-27(28(18-22)35-3)36-17-16-32-26-13-8-6-11-24(26)31-30(32)23-19-29(34)33(20-23)25-12-7-5-10-21(25)2/h4-8,10-15,18,23H,1,9,16-17,19-20H2,2-3H3/t23-/m0/s1. The molecule has 1 aliphatic heterocycles. The summed E-state index contributed by atoms with van der Waals surface area (Å²) in [7, 11) is 1.65. The predicted molar refractivity (Wildman–Crippen MR) is 143 cm³/mol. The number of carbonyl (C=O) groups is 1. The van der Waals surface area contributed by atoms with Gasteiger partial charge in [-0.25, -0.2) is 4.98 Å². The van der Waals surface area contributed by atoms with Crippen molar-refractivity contribution in [2.24, 2.45) is 0 Å². The number of anilines is 1. The Hall–Kier alpha value is -4.06. The van der Waals surface area contributed by atoms with Gasteiger partial charge in [0.2, 0.25) is 5.91 Å². The van der Waals surface area contributed by atoms with Gasteiger partial charge in [0.25, 0.3) is 0 Å². The van der Waals surface area contributed by atoms with Crippen LogP contribution in [0.15, 0.2) is 79.4 Å². The van der Waals surface area contributed by atoms with Gasteiger partial charge in [-0.3, -0.25) is 4.79 Å². The highest BCUT2D eigenvalue weighted by molar-refractivity contribution is 5.97. The maximum atomic E-state index is 13.0. The summed E-state index contributed by atoms with van der Waals surface area (Å²) in [6.07, 6.45) is 3.09. The quantitative estimate of drug-likeness (QED) is 0.289. The highest BCUT2D eigenvalue weighted by Crippen LogP contribution is 2.34. The molecule has 1 atom stereocenters. The lowest BCUT2D eigenvalue weighted by molar-refractivity contribution is -0.117. The molecule has 1 saturated heterocycles. The van der Waals surface area contributed by atoms with Crippen LogP contribution in [0.3, 0.4) is 0 Å². The molecule has 0 spiro atoms. The summed E-state index contributed by atoms with van der Waals surface area (Å²) in [6.45, 7) is 7.53. The van der Waals surface area contributed by atoms with Crippen LogP contribution in [0.2, 0.25) is 0 Å². The first-order valence-electron chi connectivity index (χ1n) is 12.3. The Labute approximate surface area is 211 Å². The van der Waals surface area contributed by atoms with Crippen molar-refractivity contribution in [2.75, 3.05) is 25.2 Å². The zero-order valence-electron chi connectivity index (χ0n) is 20.8. The molecule has 6 heteroatoms. The van der Waals surface area contributed by atoms with Gasteiger partial charge in [0.1, 0.15) is 12.4 Å². The third kappa shape index (κ3) is 4.59. The number of hydrogen-bond donors (Lipinski definition) is 0. The van der Waals surface area contributed by atoms with E-state index in [1.807, 2.05) is 78.6 Å². The Morgan fingerprint density at radius 3 is 2.69 bits per heavy atom. The fraction of sp³-hybridized carbons (Fsp3) is 0.267. The Balaban J connectivity index is 1.38. The molecule has 6 nitrogen and oxygen atoms in total. The topological polar surface area (TPSA) is 56.6 Å². The lowest BCUT2D eigenvalue weighted by Gasteiger charge is -2.19. The van der Waals surface area contributed by atoms with E-state index in [4.69, 9.17) is 14.5 Å². The summed E-state index contributed by atoms with van der Waals surface area (Å²) >= 11 is 0. The molecule has 36 heavy (non-hydrogen) atoms. The van der Waals surface area contributed by atoms with E-state index in [0.717, 1.165) is 40.1 Å². The number of imidazole rings is 1. The van der Waals surface area contributed by atoms with Crippen LogP contribution in [0.25, 0.3) is 11.0 Å². The number of fused-ring (bicyclic) bond motifs is 1. The summed E-state index contributed by atoms with van der Waals surface area (Å²) in [4.78, 5) is 19.9. The van der Waals surface area contributed by atoms with E-state index >= 15 is 0 Å². The van der Waals surface area contributed by atoms with Crippen molar-refractivity contribution in [3.05, 3.63) is 96.3 Å². The van der Waals surface area contributed by atoms with Crippen LogP contribution in [0, 0.1) is 6.92 Å². The monoisotopic (exact) mass is 481 g/mol. The van der Waals surface area contributed by atoms with Gasteiger partial charge in [0, 0.05) is 24.6 Å². The maximum Gasteiger partial charge on any atom is 0.227 e. The van der Waals surface area contributed by atoms with Crippen LogP contribution in [-0.2, 0) is 17.8 Å². The van der Waals surface area contributed by atoms with Crippen molar-refractivity contribution in [2.45, 2.75) is 32.2 Å². The molecule has 1 aromatic heterocycles. The highest BCUT2D eigenvalue weighted by atomic mass is 16.5. The molecule has 0 bridgehead atoms. The largest absolute Gasteiger partial charge is 0.493 e. The molecule has 5 rings (SSSR count). The normalized spacial score (nSPS) is 15.4. The predicted octanol–water partition coefficient (Wildman–Crippen LogP) is 5.68. The number of nitrogens with zero attached hydrogens (tertiary/aromatic N) is 3. The van der Waals surface area contributed by atoms with Crippen LogP contribution < -0.4 is 14.4 Å². The molecule has 3 aromatic carbocycles. The van der Waals surface area contributed by atoms with E-state index in [0.29, 0.717) is 37.6 Å². The third-order valence-corrected chi connectivity index (χ3v) is 6.76. The van der Waals surface area contributed by atoms with Crippen molar-refractivity contribution in [1.29, 1.82) is 0 Å². The van der Waals surface area contributed by atoms with Gasteiger partial charge in [0.05, 0.1) is 24.7 Å². The molecule has 1 amide bonds. The number of para-hydroxylation sites is 3. The summed E-state index contributed by atoms with van der Waals surface area (Å²) in [5, 5.41) is 0. The third-order valence-electron chi connectivity index (χ3n) is 6.76. The van der Waals surface area contributed by atoms with E-state index in [1.54, 1.807) is 7.11 Å². The number of allylic oxidation sites excluding steroid dienone is 1. The highest BCUT2D eigenvalue weighted by Gasteiger charge is 2.35. The summed E-state index contributed by atoms with van der Waals surface area (Å²) in [6, 6.07) is 22.1. The lowest BCUT2D eigenvalue weighted by Crippen LogP contribution is -2.25. The first kappa shape index (κ1) is 23.7. The second-order valence-corrected chi connectivity index (χ2v) is 9.13. The Kier molecular flexibility index (Phi) is 6.76. The molecule has 0 saturated carbocycles. The summed E-state index contributed by atoms with van der Waals surface area (Å²) < 4.78 is 13.9. The molecule has 0 N–H and O–H groups in total. The minimum Gasteiger partial charge on any atom is -0.493 e. The van der Waals surface area contributed by atoms with Crippen molar-refractivity contribution in [3.8, 4) is 11.5 Å². The maximum absolute atomic E-state index is 13.0. The molecular weight excluding hydrogens is 450 g/mol. The number of carbonyl (C=O) groups excluding carboxylic acids is 1. The fourth-order valence-corrected chi connectivity index (χ4v) is 4.99. The first-order chi connectivity index (χ1) is 17.6. The van der Waals surface area contributed by atoms with Gasteiger partial charge in [-0.2, -0.15) is 0 Å². The van der Waals surface area contributed by atoms with Gasteiger partial charge in [-0.15, -0.1) is 6.58 Å². The number of aryl methyl sites for hydroxylation is 1. The molecule has 2 heterocycles. The average Bonchev–Trinajstić information content (AvgIpc) is 3.45. The van der Waals surface area contributed by atoms with E-state index in [2.05, 4.69) is 17.2 Å². The van der Waals surface area contributed by atoms with Crippen molar-refractivity contribution < 1.29 is 14.3 Å². The molecule has 0 radical (unpaired) electrons. The summed E-state index contributed by atoms with van der Waals surface area (Å²) in [5.74, 6) is 2.49. The number of rotatable bonds is 9. The van der Waals surface area contributed by atoms with Crippen LogP contribution in [-0.4, -0.2) is 35.7 Å². The average molecular weight is 482 g/mol. The number of hydrogen-bond acceptors (Lipinski definition) is 4. The Morgan fingerprint density at radius 1 is 1.08 bits per heavy atom. The number of amides is 1. The zero-order valence-corrected chi connectivity index (χ0v) is 20.8. The van der Waals surface area contributed by atoms with Gasteiger partial charge in [-0.1, -0.05) is 42.5 Å². The number of aromatic nitrogens is 2.